The van der Waals surface area contributed by atoms with Crippen LogP contribution in [0.25, 0.3) is 0 Å². The Hall–Kier alpha value is -2.11. The quantitative estimate of drug-likeness (QED) is 0.872. The Labute approximate surface area is 105 Å². The molecular formula is C12H16FN3O2. The zero-order valence-electron chi connectivity index (χ0n) is 10.6. The van der Waals surface area contributed by atoms with E-state index in [1.54, 1.807) is 20.2 Å². The van der Waals surface area contributed by atoms with Crippen molar-refractivity contribution in [2.45, 2.75) is 6.04 Å². The number of hydrogen-bond acceptors (Lipinski definition) is 2. The van der Waals surface area contributed by atoms with Gasteiger partial charge >= 0.3 is 6.03 Å². The monoisotopic (exact) mass is 253 g/mol. The van der Waals surface area contributed by atoms with E-state index in [0.29, 0.717) is 5.56 Å². The average molecular weight is 253 g/mol. The summed E-state index contributed by atoms with van der Waals surface area (Å²) in [4.78, 5) is 25.8. The summed E-state index contributed by atoms with van der Waals surface area (Å²) in [6.07, 6.45) is 0. The summed E-state index contributed by atoms with van der Waals surface area (Å²) in [5.74, 6) is -1.19. The van der Waals surface area contributed by atoms with E-state index in [1.165, 1.54) is 35.0 Å². The lowest BCUT2D eigenvalue weighted by Crippen LogP contribution is -2.43. The van der Waals surface area contributed by atoms with E-state index in [2.05, 4.69) is 0 Å². The minimum absolute atomic E-state index is 0.347. The zero-order valence-corrected chi connectivity index (χ0v) is 10.6. The van der Waals surface area contributed by atoms with Gasteiger partial charge in [-0.25, -0.2) is 9.18 Å². The molecule has 5 nitrogen and oxygen atoms in total. The second-order valence-corrected chi connectivity index (χ2v) is 4.15. The van der Waals surface area contributed by atoms with Crippen LogP contribution < -0.4 is 5.73 Å². The molecule has 0 saturated carbocycles. The van der Waals surface area contributed by atoms with Crippen molar-refractivity contribution in [2.75, 3.05) is 21.1 Å². The molecule has 1 rings (SSSR count). The first-order chi connectivity index (χ1) is 8.34. The van der Waals surface area contributed by atoms with Crippen LogP contribution in [-0.4, -0.2) is 42.9 Å². The summed E-state index contributed by atoms with van der Waals surface area (Å²) in [7, 11) is 4.56. The van der Waals surface area contributed by atoms with Crippen LogP contribution in [0, 0.1) is 5.82 Å². The number of carbonyl (C=O) groups is 2. The molecule has 0 bridgehead atoms. The molecule has 0 aliphatic rings. The fourth-order valence-corrected chi connectivity index (χ4v) is 1.68. The van der Waals surface area contributed by atoms with Gasteiger partial charge in [-0.3, -0.25) is 4.79 Å². The van der Waals surface area contributed by atoms with Gasteiger partial charge in [-0.15, -0.1) is 0 Å². The van der Waals surface area contributed by atoms with Gasteiger partial charge < -0.3 is 15.5 Å². The smallest absolute Gasteiger partial charge is 0.320 e. The Bertz CT molecular complexity index is 462. The summed E-state index contributed by atoms with van der Waals surface area (Å²) in [5.41, 5.74) is 5.63. The number of halogens is 1. The lowest BCUT2D eigenvalue weighted by atomic mass is 10.1. The number of hydrogen-bond donors (Lipinski definition) is 1. The topological polar surface area (TPSA) is 66.6 Å². The third-order valence-corrected chi connectivity index (χ3v) is 2.51. The van der Waals surface area contributed by atoms with E-state index in [9.17, 15) is 14.0 Å². The van der Waals surface area contributed by atoms with Crippen molar-refractivity contribution in [2.24, 2.45) is 5.73 Å². The van der Waals surface area contributed by atoms with Crippen LogP contribution in [0.1, 0.15) is 11.6 Å². The van der Waals surface area contributed by atoms with Crippen LogP contribution in [0.2, 0.25) is 0 Å². The maximum atomic E-state index is 13.1. The summed E-state index contributed by atoms with van der Waals surface area (Å²) in [5, 5.41) is 0. The van der Waals surface area contributed by atoms with Gasteiger partial charge in [0.25, 0.3) is 0 Å². The summed E-state index contributed by atoms with van der Waals surface area (Å²) < 4.78 is 13.1. The fraction of sp³-hybridized carbons (Fsp3) is 0.333. The maximum Gasteiger partial charge on any atom is 0.320 e. The van der Waals surface area contributed by atoms with Crippen LogP contribution in [0.3, 0.4) is 0 Å². The Morgan fingerprint density at radius 3 is 2.33 bits per heavy atom. The Balaban J connectivity index is 3.11. The summed E-state index contributed by atoms with van der Waals surface area (Å²) >= 11 is 0. The highest BCUT2D eigenvalue weighted by molar-refractivity contribution is 5.86. The third kappa shape index (κ3) is 2.97. The number of primary amides is 1. The van der Waals surface area contributed by atoms with Crippen molar-refractivity contribution in [3.8, 4) is 0 Å². The molecule has 2 N–H and O–H groups in total. The molecule has 98 valence electrons. The molecule has 1 aromatic carbocycles. The fourth-order valence-electron chi connectivity index (χ4n) is 1.68. The standard InChI is InChI=1S/C12H16FN3O2/c1-15(2)12(18)16(3)10(11(14)17)8-5-4-6-9(13)7-8/h4-7,10H,1-3H3,(H2,14,17). The number of likely N-dealkylation sites (N-methyl/N-ethyl adjacent to an activating group) is 1. The molecule has 6 heteroatoms. The van der Waals surface area contributed by atoms with Crippen LogP contribution in [0.15, 0.2) is 24.3 Å². The number of carbonyl (C=O) groups excluding carboxylic acids is 2. The second-order valence-electron chi connectivity index (χ2n) is 4.15. The van der Waals surface area contributed by atoms with Crippen LogP contribution >= 0.6 is 0 Å². The molecule has 0 saturated heterocycles. The van der Waals surface area contributed by atoms with Crippen molar-refractivity contribution in [1.29, 1.82) is 0 Å². The Morgan fingerprint density at radius 2 is 1.89 bits per heavy atom. The van der Waals surface area contributed by atoms with E-state index in [-0.39, 0.29) is 6.03 Å². The molecule has 18 heavy (non-hydrogen) atoms. The van der Waals surface area contributed by atoms with Gasteiger partial charge in [-0.1, -0.05) is 12.1 Å². The van der Waals surface area contributed by atoms with Gasteiger partial charge in [-0.05, 0) is 17.7 Å². The minimum atomic E-state index is -0.990. The van der Waals surface area contributed by atoms with Crippen molar-refractivity contribution in [3.05, 3.63) is 35.6 Å². The second kappa shape index (κ2) is 5.48. The van der Waals surface area contributed by atoms with Gasteiger partial charge in [0.1, 0.15) is 11.9 Å². The van der Waals surface area contributed by atoms with Gasteiger partial charge in [0, 0.05) is 21.1 Å². The molecule has 0 spiro atoms. The van der Waals surface area contributed by atoms with Gasteiger partial charge in [0.2, 0.25) is 5.91 Å². The number of benzene rings is 1. The van der Waals surface area contributed by atoms with Crippen molar-refractivity contribution in [1.82, 2.24) is 9.80 Å². The number of amides is 3. The molecule has 0 heterocycles. The predicted molar refractivity (Wildman–Crippen MR) is 65.2 cm³/mol. The van der Waals surface area contributed by atoms with Crippen LogP contribution in [0.5, 0.6) is 0 Å². The lowest BCUT2D eigenvalue weighted by Gasteiger charge is -2.28. The SMILES string of the molecule is CN(C)C(=O)N(C)C(C(N)=O)c1cccc(F)c1. The average Bonchev–Trinajstić information content (AvgIpc) is 2.27. The Kier molecular flexibility index (Phi) is 4.25. The summed E-state index contributed by atoms with van der Waals surface area (Å²) in [6, 6.07) is 4.09. The van der Waals surface area contributed by atoms with E-state index >= 15 is 0 Å². The van der Waals surface area contributed by atoms with E-state index in [0.717, 1.165) is 0 Å². The molecule has 0 radical (unpaired) electrons. The van der Waals surface area contributed by atoms with E-state index < -0.39 is 17.8 Å². The molecule has 0 fully saturated rings. The highest BCUT2D eigenvalue weighted by Crippen LogP contribution is 2.20. The number of rotatable bonds is 3. The van der Waals surface area contributed by atoms with Crippen LogP contribution in [-0.2, 0) is 4.79 Å². The molecule has 0 aromatic heterocycles. The highest BCUT2D eigenvalue weighted by Gasteiger charge is 2.27. The van der Waals surface area contributed by atoms with Gasteiger partial charge in [0.15, 0.2) is 0 Å². The third-order valence-electron chi connectivity index (χ3n) is 2.51. The molecular weight excluding hydrogens is 237 g/mol. The molecule has 1 aromatic rings. The van der Waals surface area contributed by atoms with Crippen molar-refractivity contribution >= 4 is 11.9 Å². The molecule has 1 unspecified atom stereocenters. The largest absolute Gasteiger partial charge is 0.368 e. The first-order valence-electron chi connectivity index (χ1n) is 5.33. The lowest BCUT2D eigenvalue weighted by molar-refractivity contribution is -0.122. The number of nitrogens with zero attached hydrogens (tertiary/aromatic N) is 2. The predicted octanol–water partition coefficient (Wildman–Crippen LogP) is 0.965. The molecule has 3 amide bonds. The minimum Gasteiger partial charge on any atom is -0.368 e. The highest BCUT2D eigenvalue weighted by atomic mass is 19.1. The normalized spacial score (nSPS) is 11.8. The zero-order chi connectivity index (χ0) is 13.9. The van der Waals surface area contributed by atoms with E-state index in [4.69, 9.17) is 5.73 Å². The Morgan fingerprint density at radius 1 is 1.28 bits per heavy atom. The number of urea groups is 1. The van der Waals surface area contributed by atoms with Crippen LogP contribution in [0.4, 0.5) is 9.18 Å². The van der Waals surface area contributed by atoms with E-state index in [1.807, 2.05) is 0 Å². The molecule has 0 aliphatic heterocycles. The van der Waals surface area contributed by atoms with Gasteiger partial charge in [-0.2, -0.15) is 0 Å². The number of nitrogens with two attached hydrogens (primary N) is 1. The van der Waals surface area contributed by atoms with Gasteiger partial charge in [0.05, 0.1) is 0 Å². The first-order valence-corrected chi connectivity index (χ1v) is 5.33. The summed E-state index contributed by atoms with van der Waals surface area (Å²) in [6.45, 7) is 0. The van der Waals surface area contributed by atoms with Crippen molar-refractivity contribution in [3.63, 3.8) is 0 Å². The van der Waals surface area contributed by atoms with Crippen molar-refractivity contribution < 1.29 is 14.0 Å². The first kappa shape index (κ1) is 14.0. The maximum absolute atomic E-state index is 13.1. The molecule has 1 atom stereocenters. The molecule has 0 aliphatic carbocycles.